The first-order valence-electron chi connectivity index (χ1n) is 6.85. The average Bonchev–Trinajstić information content (AvgIpc) is 2.83. The number of hydrogen-bond donors (Lipinski definition) is 1. The fourth-order valence-electron chi connectivity index (χ4n) is 3.16. The van der Waals surface area contributed by atoms with Crippen molar-refractivity contribution < 1.29 is 13.2 Å². The van der Waals surface area contributed by atoms with Crippen LogP contribution in [0.25, 0.3) is 0 Å². The fraction of sp³-hybridized carbons (Fsp3) is 0.692. The number of rotatable bonds is 1. The van der Waals surface area contributed by atoms with Crippen LogP contribution in [0.4, 0.5) is 19.0 Å². The predicted octanol–water partition coefficient (Wildman–Crippen LogP) is 2.50. The standard InChI is InChI=1S/C13H17F3N4.ClH/c14-13(15,16)11-18-5-1-10(19-11)20-8-4-12(9-20)2-6-17-7-3-12;/h1,5,17H,2-4,6-9H2;1H. The molecule has 1 spiro atoms. The van der Waals surface area contributed by atoms with Gasteiger partial charge in [-0.3, -0.25) is 0 Å². The maximum Gasteiger partial charge on any atom is 0.451 e. The van der Waals surface area contributed by atoms with Crippen molar-refractivity contribution in [2.45, 2.75) is 25.4 Å². The van der Waals surface area contributed by atoms with E-state index >= 15 is 0 Å². The zero-order valence-corrected chi connectivity index (χ0v) is 12.3. The van der Waals surface area contributed by atoms with Crippen molar-refractivity contribution in [2.75, 3.05) is 31.1 Å². The van der Waals surface area contributed by atoms with Gasteiger partial charge in [0.2, 0.25) is 5.82 Å². The number of anilines is 1. The Balaban J connectivity index is 0.00000161. The topological polar surface area (TPSA) is 41.1 Å². The smallest absolute Gasteiger partial charge is 0.356 e. The molecule has 0 radical (unpaired) electrons. The van der Waals surface area contributed by atoms with E-state index in [0.29, 0.717) is 5.82 Å². The maximum atomic E-state index is 12.7. The summed E-state index contributed by atoms with van der Waals surface area (Å²) in [7, 11) is 0. The van der Waals surface area contributed by atoms with E-state index in [1.54, 1.807) is 6.07 Å². The number of alkyl halides is 3. The van der Waals surface area contributed by atoms with Gasteiger partial charge in [-0.1, -0.05) is 0 Å². The Bertz CT molecular complexity index is 489. The highest BCUT2D eigenvalue weighted by Gasteiger charge is 2.40. The SMILES string of the molecule is Cl.FC(F)(F)c1nccc(N2CCC3(CCNCC3)C2)n1. The number of nitrogens with zero attached hydrogens (tertiary/aromatic N) is 3. The van der Waals surface area contributed by atoms with Crippen molar-refractivity contribution >= 4 is 18.2 Å². The molecule has 1 aromatic heterocycles. The summed E-state index contributed by atoms with van der Waals surface area (Å²) in [6.45, 7) is 3.55. The van der Waals surface area contributed by atoms with E-state index in [4.69, 9.17) is 0 Å². The summed E-state index contributed by atoms with van der Waals surface area (Å²) in [5, 5.41) is 3.33. The van der Waals surface area contributed by atoms with Gasteiger partial charge < -0.3 is 10.2 Å². The lowest BCUT2D eigenvalue weighted by Gasteiger charge is -2.33. The summed E-state index contributed by atoms with van der Waals surface area (Å²) in [5.41, 5.74) is 0.245. The van der Waals surface area contributed by atoms with E-state index < -0.39 is 12.0 Å². The van der Waals surface area contributed by atoms with Gasteiger partial charge >= 0.3 is 6.18 Å². The second-order valence-corrected chi connectivity index (χ2v) is 5.66. The largest absolute Gasteiger partial charge is 0.451 e. The zero-order chi connectivity index (χ0) is 14.2. The van der Waals surface area contributed by atoms with Crippen LogP contribution >= 0.6 is 12.4 Å². The Hall–Kier alpha value is -1.08. The molecule has 0 unspecified atom stereocenters. The second kappa shape index (κ2) is 5.96. The quantitative estimate of drug-likeness (QED) is 0.862. The zero-order valence-electron chi connectivity index (χ0n) is 11.5. The molecule has 0 bridgehead atoms. The van der Waals surface area contributed by atoms with Gasteiger partial charge in [0.1, 0.15) is 5.82 Å². The van der Waals surface area contributed by atoms with Gasteiger partial charge in [-0.2, -0.15) is 13.2 Å². The van der Waals surface area contributed by atoms with Gasteiger partial charge in [0.25, 0.3) is 0 Å². The van der Waals surface area contributed by atoms with E-state index in [0.717, 1.165) is 45.4 Å². The summed E-state index contributed by atoms with van der Waals surface area (Å²) in [4.78, 5) is 8.95. The van der Waals surface area contributed by atoms with Gasteiger partial charge in [-0.05, 0) is 43.8 Å². The molecule has 1 aromatic rings. The van der Waals surface area contributed by atoms with Crippen LogP contribution in [0.3, 0.4) is 0 Å². The minimum absolute atomic E-state index is 0. The molecule has 8 heteroatoms. The number of hydrogen-bond acceptors (Lipinski definition) is 4. The third-order valence-corrected chi connectivity index (χ3v) is 4.32. The summed E-state index contributed by atoms with van der Waals surface area (Å²) in [6.07, 6.45) is -0.0950. The maximum absolute atomic E-state index is 12.7. The highest BCUT2D eigenvalue weighted by atomic mass is 35.5. The van der Waals surface area contributed by atoms with E-state index in [-0.39, 0.29) is 17.8 Å². The van der Waals surface area contributed by atoms with Crippen LogP contribution in [0.5, 0.6) is 0 Å². The number of nitrogens with one attached hydrogen (secondary N) is 1. The molecule has 0 aromatic carbocycles. The normalized spacial score (nSPS) is 21.4. The molecule has 21 heavy (non-hydrogen) atoms. The first kappa shape index (κ1) is 16.3. The lowest BCUT2D eigenvalue weighted by Crippen LogP contribution is -2.38. The molecule has 4 nitrogen and oxygen atoms in total. The summed E-state index contributed by atoms with van der Waals surface area (Å²) >= 11 is 0. The third-order valence-electron chi connectivity index (χ3n) is 4.32. The number of halogens is 4. The van der Waals surface area contributed by atoms with Crippen LogP contribution in [0.15, 0.2) is 12.3 Å². The van der Waals surface area contributed by atoms with Crippen LogP contribution in [-0.2, 0) is 6.18 Å². The predicted molar refractivity (Wildman–Crippen MR) is 75.6 cm³/mol. The van der Waals surface area contributed by atoms with E-state index in [1.807, 2.05) is 4.90 Å². The Kier molecular flexibility index (Phi) is 4.63. The van der Waals surface area contributed by atoms with Gasteiger partial charge in [-0.25, -0.2) is 9.97 Å². The molecule has 2 fully saturated rings. The van der Waals surface area contributed by atoms with E-state index in [2.05, 4.69) is 15.3 Å². The van der Waals surface area contributed by atoms with E-state index in [9.17, 15) is 13.2 Å². The Morgan fingerprint density at radius 1 is 1.19 bits per heavy atom. The van der Waals surface area contributed by atoms with Crippen LogP contribution in [0.1, 0.15) is 25.1 Å². The molecule has 2 aliphatic heterocycles. The van der Waals surface area contributed by atoms with Gasteiger partial charge in [-0.15, -0.1) is 12.4 Å². The van der Waals surface area contributed by atoms with Gasteiger partial charge in [0, 0.05) is 19.3 Å². The Labute approximate surface area is 127 Å². The van der Waals surface area contributed by atoms with Gasteiger partial charge in [0.05, 0.1) is 0 Å². The first-order chi connectivity index (χ1) is 9.49. The molecular formula is C13H18ClF3N4. The van der Waals surface area contributed by atoms with Crippen molar-refractivity contribution in [3.05, 3.63) is 18.1 Å². The molecule has 1 N–H and O–H groups in total. The molecule has 0 aliphatic carbocycles. The molecule has 2 saturated heterocycles. The van der Waals surface area contributed by atoms with Gasteiger partial charge in [0.15, 0.2) is 0 Å². The molecule has 0 saturated carbocycles. The lowest BCUT2D eigenvalue weighted by atomic mass is 9.78. The van der Waals surface area contributed by atoms with E-state index in [1.165, 1.54) is 6.20 Å². The van der Waals surface area contributed by atoms with Crippen LogP contribution in [-0.4, -0.2) is 36.1 Å². The Morgan fingerprint density at radius 3 is 2.57 bits per heavy atom. The van der Waals surface area contributed by atoms with Crippen LogP contribution < -0.4 is 10.2 Å². The average molecular weight is 323 g/mol. The number of aromatic nitrogens is 2. The van der Waals surface area contributed by atoms with Crippen molar-refractivity contribution in [2.24, 2.45) is 5.41 Å². The molecule has 0 atom stereocenters. The molecular weight excluding hydrogens is 305 g/mol. The monoisotopic (exact) mass is 322 g/mol. The molecule has 118 valence electrons. The summed E-state index contributed by atoms with van der Waals surface area (Å²) in [6, 6.07) is 1.56. The highest BCUT2D eigenvalue weighted by molar-refractivity contribution is 5.85. The summed E-state index contributed by atoms with van der Waals surface area (Å²) < 4.78 is 38.0. The van der Waals surface area contributed by atoms with Crippen molar-refractivity contribution in [3.63, 3.8) is 0 Å². The summed E-state index contributed by atoms with van der Waals surface area (Å²) in [5.74, 6) is -0.663. The van der Waals surface area contributed by atoms with Crippen LogP contribution in [0, 0.1) is 5.41 Å². The minimum Gasteiger partial charge on any atom is -0.356 e. The Morgan fingerprint density at radius 2 is 1.90 bits per heavy atom. The van der Waals surface area contributed by atoms with Crippen molar-refractivity contribution in [3.8, 4) is 0 Å². The second-order valence-electron chi connectivity index (χ2n) is 5.66. The number of piperidine rings is 1. The highest BCUT2D eigenvalue weighted by Crippen LogP contribution is 2.40. The molecule has 3 rings (SSSR count). The van der Waals surface area contributed by atoms with Crippen molar-refractivity contribution in [1.82, 2.24) is 15.3 Å². The molecule has 2 aliphatic rings. The first-order valence-corrected chi connectivity index (χ1v) is 6.85. The van der Waals surface area contributed by atoms with Crippen molar-refractivity contribution in [1.29, 1.82) is 0 Å². The lowest BCUT2D eigenvalue weighted by molar-refractivity contribution is -0.144. The fourth-order valence-corrected chi connectivity index (χ4v) is 3.16. The molecule has 3 heterocycles. The third kappa shape index (κ3) is 3.40. The molecule has 0 amide bonds. The minimum atomic E-state index is -4.48. The van der Waals surface area contributed by atoms with Crippen LogP contribution in [0.2, 0.25) is 0 Å².